The van der Waals surface area contributed by atoms with Gasteiger partial charge in [0.05, 0.1) is 45.1 Å². The lowest BCUT2D eigenvalue weighted by atomic mass is 10.0. The first-order chi connectivity index (χ1) is 48.4. The Bertz CT molecular complexity index is 3180. The van der Waals surface area contributed by atoms with Crippen molar-refractivity contribution in [2.45, 2.75) is 125 Å². The van der Waals surface area contributed by atoms with Gasteiger partial charge in [-0.25, -0.2) is 9.79 Å². The normalized spacial score (nSPS) is 23.2. The van der Waals surface area contributed by atoms with E-state index < -0.39 is 113 Å². The van der Waals surface area contributed by atoms with Gasteiger partial charge < -0.3 is 67.3 Å². The minimum atomic E-state index is -1.48. The van der Waals surface area contributed by atoms with Gasteiger partial charge in [0, 0.05) is 132 Å². The van der Waals surface area contributed by atoms with Gasteiger partial charge in [0.2, 0.25) is 53.2 Å². The summed E-state index contributed by atoms with van der Waals surface area (Å²) < 4.78 is 5.38. The van der Waals surface area contributed by atoms with Crippen LogP contribution in [0.25, 0.3) is 0 Å². The maximum Gasteiger partial charge on any atom is 0.327 e. The van der Waals surface area contributed by atoms with Crippen LogP contribution in [0.1, 0.15) is 87.5 Å². The number of hydrogen-bond donors (Lipinski definition) is 10. The number of hydrogen-bond acceptors (Lipinski definition) is 21. The molecule has 3 fully saturated rings. The summed E-state index contributed by atoms with van der Waals surface area (Å²) in [6, 6.07) is 6.87. The average Bonchev–Trinajstić information content (AvgIpc) is 1.68. The molecule has 4 heterocycles. The number of carbonyl (C=O) groups is 13. The first-order valence-corrected chi connectivity index (χ1v) is 37.5. The number of rotatable bonds is 25. The van der Waals surface area contributed by atoms with Crippen molar-refractivity contribution < 1.29 is 87.5 Å². The molecule has 34 heteroatoms. The van der Waals surface area contributed by atoms with Crippen molar-refractivity contribution in [3.05, 3.63) is 70.8 Å². The highest BCUT2D eigenvalue weighted by atomic mass is 32.2. The van der Waals surface area contributed by atoms with E-state index in [2.05, 4.69) is 31.6 Å². The molecule has 11 N–H and O–H groups in total. The molecule has 556 valence electrons. The van der Waals surface area contributed by atoms with Crippen LogP contribution < -0.4 is 32.3 Å². The molecule has 0 saturated carbocycles. The molecule has 31 nitrogen and oxygen atoms in total. The minimum absolute atomic E-state index is 0.0260. The lowest BCUT2D eigenvalue weighted by molar-refractivity contribution is -0.147. The fourth-order valence-corrected chi connectivity index (χ4v) is 14.9. The van der Waals surface area contributed by atoms with Crippen LogP contribution in [0.3, 0.4) is 0 Å². The van der Waals surface area contributed by atoms with Crippen molar-refractivity contribution in [2.24, 2.45) is 16.6 Å². The van der Waals surface area contributed by atoms with E-state index in [0.717, 1.165) is 16.7 Å². The van der Waals surface area contributed by atoms with Crippen LogP contribution in [-0.2, 0) is 90.7 Å². The maximum atomic E-state index is 14.9. The van der Waals surface area contributed by atoms with Gasteiger partial charge in [-0.1, -0.05) is 55.5 Å². The summed E-state index contributed by atoms with van der Waals surface area (Å²) in [5, 5.41) is 53.0. The smallest absolute Gasteiger partial charge is 0.327 e. The molecule has 1 unspecified atom stereocenters. The molecule has 3 saturated heterocycles. The van der Waals surface area contributed by atoms with Crippen LogP contribution in [0.15, 0.2) is 53.5 Å². The molecule has 2 aromatic carbocycles. The third-order valence-corrected chi connectivity index (χ3v) is 20.6. The van der Waals surface area contributed by atoms with Crippen LogP contribution in [0.5, 0.6) is 0 Å². The fraction of sp³-hybridized carbons (Fsp3) is 0.612. The molecule has 4 aliphatic heterocycles. The summed E-state index contributed by atoms with van der Waals surface area (Å²) >= 11 is 4.11. The van der Waals surface area contributed by atoms with E-state index in [9.17, 15) is 82.8 Å². The topological polar surface area (TPSA) is 430 Å². The van der Waals surface area contributed by atoms with Crippen LogP contribution >= 0.6 is 35.3 Å². The fourth-order valence-electron chi connectivity index (χ4n) is 12.1. The molecule has 0 spiro atoms. The van der Waals surface area contributed by atoms with Gasteiger partial charge in [-0.2, -0.15) is 35.3 Å². The van der Waals surface area contributed by atoms with Crippen molar-refractivity contribution >= 4 is 119 Å². The zero-order valence-electron chi connectivity index (χ0n) is 57.3. The standard InChI is InChI=1S/C67H97N13O18S3/c1-3-49-61(90)72-50(14-15-55(68)81)62(91)73-51(33-44-10-6-5-7-11-44)63(92)74-52(67(96)97)43-101-41-47-31-45(39-99-29-17-69-57(83)35-75-20-22-76(36-58(84)85)24-26-78(38-60(88)89)27-25-77(23-21-75)37-59(86)87)30-46(32-47)40-100-42-48(34-70-56(82)16-28-98-4-2)65(94)80-19-9-13-54(80)66(95)79-18-8-12-53(79)64(93)71-49/h5-7,10-11,30-32,34,48-54H,3-4,8-9,12-29,33,35-43H2,1-2H3,(H2,68,81)(H,69,83)(H,71,93)(H,72,90)(H,73,91)(H,74,92)(H,84,85)(H,86,87)(H,88,89)(H,96,97)/t48?,49-,50-,51-,52-,53-,54-/m0/s1. The number of carboxylic acid groups (broad SMARTS) is 4. The number of nitrogens with one attached hydrogen (secondary N) is 5. The third kappa shape index (κ3) is 28.9. The van der Waals surface area contributed by atoms with Crippen molar-refractivity contribution in [1.29, 1.82) is 0 Å². The summed E-state index contributed by atoms with van der Waals surface area (Å²) in [5.74, 6) is -9.88. The number of primary amides is 1. The van der Waals surface area contributed by atoms with Gasteiger partial charge in [0.25, 0.3) is 0 Å². The summed E-state index contributed by atoms with van der Waals surface area (Å²) in [6.45, 7) is 5.43. The number of benzene rings is 2. The Morgan fingerprint density at radius 2 is 1.15 bits per heavy atom. The highest BCUT2D eigenvalue weighted by Crippen LogP contribution is 2.29. The Kier molecular flexibility index (Phi) is 35.2. The second kappa shape index (κ2) is 43.3. The van der Waals surface area contributed by atoms with Crippen LogP contribution in [0, 0.1) is 5.92 Å². The van der Waals surface area contributed by atoms with E-state index in [1.54, 1.807) is 58.9 Å². The van der Waals surface area contributed by atoms with Crippen molar-refractivity contribution in [1.82, 2.24) is 56.0 Å². The quantitative estimate of drug-likeness (QED) is 0.0445. The van der Waals surface area contributed by atoms with E-state index in [0.29, 0.717) is 48.7 Å². The number of carbonyl (C=O) groups excluding carboxylic acids is 9. The highest BCUT2D eigenvalue weighted by Gasteiger charge is 2.44. The van der Waals surface area contributed by atoms with Gasteiger partial charge in [0.15, 0.2) is 0 Å². The Labute approximate surface area is 600 Å². The van der Waals surface area contributed by atoms with E-state index in [1.807, 2.05) is 23.1 Å². The van der Waals surface area contributed by atoms with E-state index in [-0.39, 0.29) is 166 Å². The zero-order valence-corrected chi connectivity index (χ0v) is 59.8. The SMILES string of the molecule is CCOCCC(=O)N=CC1CSCc2cc(CSCCNC(=O)CN3CCN(CC(=O)O)CCN(CC(=O)O)CCN(CC(=O)O)CC3)cc(c2)CSC[C@@H](C(=O)O)NC(=O)[C@H](Cc2ccccc2)NC(=O)[C@H](CCC(N)=O)NC(=O)[C@H](CC)NC(=O)[C@@H]2CCCN2C(=O)[C@@H]2CCCN2C1=O. The summed E-state index contributed by atoms with van der Waals surface area (Å²) in [7, 11) is 0. The Morgan fingerprint density at radius 3 is 1.70 bits per heavy atom. The highest BCUT2D eigenvalue weighted by molar-refractivity contribution is 7.99. The third-order valence-electron chi connectivity index (χ3n) is 17.4. The monoisotopic (exact) mass is 1470 g/mol. The second-order valence-electron chi connectivity index (χ2n) is 25.2. The van der Waals surface area contributed by atoms with E-state index in [1.165, 1.54) is 51.3 Å². The summed E-state index contributed by atoms with van der Waals surface area (Å²) in [5.41, 5.74) is 8.57. The molecule has 0 radical (unpaired) electrons. The summed E-state index contributed by atoms with van der Waals surface area (Å²) in [6.07, 6.45) is 1.93. The Hall–Kier alpha value is -7.73. The molecular formula is C67H97N13O18S3. The minimum Gasteiger partial charge on any atom is -0.480 e. The molecule has 9 amide bonds. The number of amides is 9. The number of thioether (sulfide) groups is 3. The van der Waals surface area contributed by atoms with Gasteiger partial charge in [-0.3, -0.25) is 77.1 Å². The van der Waals surface area contributed by atoms with Gasteiger partial charge in [-0.15, -0.1) is 0 Å². The van der Waals surface area contributed by atoms with Crippen LogP contribution in [-0.4, -0.2) is 298 Å². The van der Waals surface area contributed by atoms with E-state index >= 15 is 0 Å². The number of aliphatic imine (C=N–C) groups is 1. The summed E-state index contributed by atoms with van der Waals surface area (Å²) in [4.78, 5) is 188. The Morgan fingerprint density at radius 1 is 0.624 bits per heavy atom. The average molecular weight is 1470 g/mol. The van der Waals surface area contributed by atoms with Gasteiger partial charge in [0.1, 0.15) is 36.3 Å². The number of carboxylic acids is 4. The van der Waals surface area contributed by atoms with Gasteiger partial charge >= 0.3 is 23.9 Å². The predicted octanol–water partition coefficient (Wildman–Crippen LogP) is -0.444. The lowest BCUT2D eigenvalue weighted by Crippen LogP contribution is -2.59. The second-order valence-corrected chi connectivity index (χ2v) is 28.3. The molecule has 4 aliphatic rings. The van der Waals surface area contributed by atoms with Crippen LogP contribution in [0.2, 0.25) is 0 Å². The maximum absolute atomic E-state index is 14.9. The predicted molar refractivity (Wildman–Crippen MR) is 378 cm³/mol. The lowest BCUT2D eigenvalue weighted by Gasteiger charge is -2.32. The first-order valence-electron chi connectivity index (χ1n) is 34.1. The molecule has 0 aromatic heterocycles. The zero-order chi connectivity index (χ0) is 73.4. The number of fused-ring (bicyclic) bond motifs is 4. The van der Waals surface area contributed by atoms with Crippen molar-refractivity contribution in [3.63, 3.8) is 0 Å². The molecule has 6 rings (SSSR count). The van der Waals surface area contributed by atoms with Gasteiger partial charge in [-0.05, 0) is 67.7 Å². The molecule has 2 bridgehead atoms. The number of ether oxygens (including phenoxy) is 1. The van der Waals surface area contributed by atoms with Crippen LogP contribution in [0.4, 0.5) is 0 Å². The molecule has 7 atom stereocenters. The molecule has 101 heavy (non-hydrogen) atoms. The number of aliphatic carboxylic acids is 4. The largest absolute Gasteiger partial charge is 0.480 e. The Balaban J connectivity index is 1.26. The van der Waals surface area contributed by atoms with E-state index in [4.69, 9.17) is 10.5 Å². The number of nitrogens with two attached hydrogens (primary N) is 1. The number of nitrogens with zero attached hydrogens (tertiary/aromatic N) is 7. The molecule has 0 aliphatic carbocycles. The van der Waals surface area contributed by atoms with Crippen molar-refractivity contribution in [2.75, 3.05) is 129 Å². The first kappa shape index (κ1) is 82.2. The van der Waals surface area contributed by atoms with Crippen molar-refractivity contribution in [3.8, 4) is 0 Å². The molecule has 2 aromatic rings. The molecular weight excluding hydrogens is 1370 g/mol.